The molecule has 1 aromatic rings. The Kier molecular flexibility index (Phi) is 3.21. The van der Waals surface area contributed by atoms with Crippen LogP contribution in [-0.4, -0.2) is 4.98 Å². The minimum Gasteiger partial charge on any atom is -0.253 e. The zero-order chi connectivity index (χ0) is 4.41. The third kappa shape index (κ3) is 2.04. The second-order valence-corrected chi connectivity index (χ2v) is 2.20. The van der Waals surface area contributed by atoms with Crippen LogP contribution in [0.5, 0.6) is 0 Å². The van der Waals surface area contributed by atoms with Crippen LogP contribution in [0.4, 0.5) is 0 Å². The smallest absolute Gasteiger partial charge is 0.0794 e. The second-order valence-electron chi connectivity index (χ2n) is 1.11. The lowest BCUT2D eigenvalue weighted by molar-refractivity contribution is 1.39. The number of nitrogens with zero attached hydrogens (tertiary/aromatic N) is 1. The Morgan fingerprint density at radius 3 is 2.57 bits per heavy atom. The van der Waals surface area contributed by atoms with Gasteiger partial charge in [0.2, 0.25) is 0 Å². The van der Waals surface area contributed by atoms with Gasteiger partial charge in [0.15, 0.2) is 0 Å². The molecule has 0 aliphatic heterocycles. The molecule has 0 fully saturated rings. The minimum absolute atomic E-state index is 0. The third-order valence-corrected chi connectivity index (χ3v) is 1.26. The van der Waals surface area contributed by atoms with Gasteiger partial charge >= 0.3 is 0 Å². The lowest BCUT2D eigenvalue weighted by Gasteiger charge is -1.63. The van der Waals surface area contributed by atoms with E-state index in [4.69, 9.17) is 0 Å². The van der Waals surface area contributed by atoms with Crippen LogP contribution in [-0.2, 0) is 0 Å². The molecular formula is C4H6BrNS. The van der Waals surface area contributed by atoms with Gasteiger partial charge in [0.1, 0.15) is 0 Å². The first-order chi connectivity index (χ1) is 2.89. The normalized spacial score (nSPS) is 7.57. The Hall–Kier alpha value is 0.110. The highest BCUT2D eigenvalue weighted by Gasteiger charge is 1.76. The molecule has 0 saturated heterocycles. The van der Waals surface area contributed by atoms with Crippen molar-refractivity contribution in [3.05, 3.63) is 16.6 Å². The summed E-state index contributed by atoms with van der Waals surface area (Å²) in [5, 5.41) is 0. The van der Waals surface area contributed by atoms with E-state index in [1.54, 1.807) is 11.3 Å². The van der Waals surface area contributed by atoms with Crippen LogP contribution in [0.15, 0.2) is 11.7 Å². The summed E-state index contributed by atoms with van der Waals surface area (Å²) in [6.45, 7) is 2.04. The van der Waals surface area contributed by atoms with Crippen molar-refractivity contribution in [1.29, 1.82) is 0 Å². The van der Waals surface area contributed by atoms with Gasteiger partial charge in [-0.15, -0.1) is 28.3 Å². The van der Waals surface area contributed by atoms with E-state index in [9.17, 15) is 0 Å². The van der Waals surface area contributed by atoms with Crippen molar-refractivity contribution in [3.8, 4) is 0 Å². The molecule has 0 amide bonds. The Labute approximate surface area is 57.2 Å². The fraction of sp³-hybridized carbons (Fsp3) is 0.250. The molecule has 40 valence electrons. The Bertz CT molecular complexity index is 115. The molecular weight excluding hydrogens is 174 g/mol. The van der Waals surface area contributed by atoms with Gasteiger partial charge < -0.3 is 0 Å². The zero-order valence-corrected chi connectivity index (χ0v) is 6.45. The maximum Gasteiger partial charge on any atom is 0.0794 e. The molecule has 1 heterocycles. The highest BCUT2D eigenvalue weighted by atomic mass is 79.9. The second kappa shape index (κ2) is 3.16. The monoisotopic (exact) mass is 179 g/mol. The molecule has 1 rings (SSSR count). The molecule has 0 radical (unpaired) electrons. The number of halogens is 1. The number of thiazole rings is 1. The van der Waals surface area contributed by atoms with E-state index in [0.717, 1.165) is 0 Å². The molecule has 1 nitrogen and oxygen atoms in total. The van der Waals surface area contributed by atoms with Gasteiger partial charge in [-0.1, -0.05) is 0 Å². The predicted molar refractivity (Wildman–Crippen MR) is 37.2 cm³/mol. The largest absolute Gasteiger partial charge is 0.253 e. The number of rotatable bonds is 0. The number of hydrogen-bond donors (Lipinski definition) is 0. The Balaban J connectivity index is 0.000000360. The van der Waals surface area contributed by atoms with Crippen molar-refractivity contribution in [2.45, 2.75) is 6.92 Å². The van der Waals surface area contributed by atoms with E-state index in [2.05, 4.69) is 4.98 Å². The molecule has 0 aromatic carbocycles. The summed E-state index contributed by atoms with van der Waals surface area (Å²) in [7, 11) is 0. The van der Waals surface area contributed by atoms with E-state index in [1.165, 1.54) is 4.88 Å². The standard InChI is InChI=1S/C4H5NS.BrH/c1-4-2-5-3-6-4;/h2-3H,1H3;1H. The number of aromatic nitrogens is 1. The summed E-state index contributed by atoms with van der Waals surface area (Å²) in [5.41, 5.74) is 1.83. The summed E-state index contributed by atoms with van der Waals surface area (Å²) < 4.78 is 0. The molecule has 0 spiro atoms. The SMILES string of the molecule is Br.Cc1cncs1. The lowest BCUT2D eigenvalue weighted by atomic mass is 10.7. The molecule has 0 aliphatic rings. The van der Waals surface area contributed by atoms with Gasteiger partial charge in [-0.05, 0) is 6.92 Å². The van der Waals surface area contributed by atoms with E-state index in [0.29, 0.717) is 0 Å². The zero-order valence-electron chi connectivity index (χ0n) is 3.92. The van der Waals surface area contributed by atoms with Crippen LogP contribution >= 0.6 is 28.3 Å². The van der Waals surface area contributed by atoms with Gasteiger partial charge in [0.25, 0.3) is 0 Å². The first-order valence-corrected chi connectivity index (χ1v) is 2.62. The molecule has 1 aromatic heterocycles. The first-order valence-electron chi connectivity index (χ1n) is 1.74. The van der Waals surface area contributed by atoms with Crippen LogP contribution < -0.4 is 0 Å². The summed E-state index contributed by atoms with van der Waals surface area (Å²) in [6, 6.07) is 0. The fourth-order valence-electron chi connectivity index (χ4n) is 0.279. The van der Waals surface area contributed by atoms with Crippen LogP contribution in [0.2, 0.25) is 0 Å². The van der Waals surface area contributed by atoms with E-state index < -0.39 is 0 Å². The number of hydrogen-bond acceptors (Lipinski definition) is 2. The molecule has 0 bridgehead atoms. The average Bonchev–Trinajstić information content (AvgIpc) is 1.86. The highest BCUT2D eigenvalue weighted by Crippen LogP contribution is 1.99. The van der Waals surface area contributed by atoms with Gasteiger partial charge in [-0.25, -0.2) is 0 Å². The maximum atomic E-state index is 3.84. The van der Waals surface area contributed by atoms with Crippen molar-refractivity contribution >= 4 is 28.3 Å². The van der Waals surface area contributed by atoms with Gasteiger partial charge in [0.05, 0.1) is 5.51 Å². The molecule has 0 saturated carbocycles. The van der Waals surface area contributed by atoms with Crippen molar-refractivity contribution in [1.82, 2.24) is 4.98 Å². The molecule has 0 unspecified atom stereocenters. The molecule has 7 heavy (non-hydrogen) atoms. The predicted octanol–water partition coefficient (Wildman–Crippen LogP) is 2.03. The average molecular weight is 180 g/mol. The lowest BCUT2D eigenvalue weighted by Crippen LogP contribution is -1.48. The summed E-state index contributed by atoms with van der Waals surface area (Å²) in [6.07, 6.45) is 1.85. The van der Waals surface area contributed by atoms with E-state index in [-0.39, 0.29) is 17.0 Å². The van der Waals surface area contributed by atoms with E-state index in [1.807, 2.05) is 18.6 Å². The summed E-state index contributed by atoms with van der Waals surface area (Å²) in [4.78, 5) is 5.11. The number of aryl methyl sites for hydroxylation is 1. The Morgan fingerprint density at radius 1 is 1.71 bits per heavy atom. The first kappa shape index (κ1) is 7.11. The molecule has 3 heteroatoms. The van der Waals surface area contributed by atoms with Crippen molar-refractivity contribution < 1.29 is 0 Å². The quantitative estimate of drug-likeness (QED) is 0.595. The molecule has 0 N–H and O–H groups in total. The van der Waals surface area contributed by atoms with Gasteiger partial charge in [-0.2, -0.15) is 0 Å². The van der Waals surface area contributed by atoms with Crippen LogP contribution in [0.25, 0.3) is 0 Å². The van der Waals surface area contributed by atoms with Crippen molar-refractivity contribution in [2.24, 2.45) is 0 Å². The van der Waals surface area contributed by atoms with Crippen LogP contribution in [0.3, 0.4) is 0 Å². The van der Waals surface area contributed by atoms with Crippen molar-refractivity contribution in [2.75, 3.05) is 0 Å². The Morgan fingerprint density at radius 2 is 2.43 bits per heavy atom. The summed E-state index contributed by atoms with van der Waals surface area (Å²) in [5.74, 6) is 0. The van der Waals surface area contributed by atoms with Crippen LogP contribution in [0.1, 0.15) is 4.88 Å². The maximum absolute atomic E-state index is 3.84. The van der Waals surface area contributed by atoms with Crippen LogP contribution in [0, 0.1) is 6.92 Å². The highest BCUT2D eigenvalue weighted by molar-refractivity contribution is 8.93. The topological polar surface area (TPSA) is 12.9 Å². The fourth-order valence-corrected chi connectivity index (χ4v) is 0.689. The van der Waals surface area contributed by atoms with E-state index >= 15 is 0 Å². The molecule has 0 aliphatic carbocycles. The van der Waals surface area contributed by atoms with Gasteiger partial charge in [0, 0.05) is 11.1 Å². The minimum atomic E-state index is 0. The third-order valence-electron chi connectivity index (χ3n) is 0.556. The molecule has 0 atom stereocenters. The van der Waals surface area contributed by atoms with Crippen molar-refractivity contribution in [3.63, 3.8) is 0 Å². The summed E-state index contributed by atoms with van der Waals surface area (Å²) >= 11 is 1.67. The van der Waals surface area contributed by atoms with Gasteiger partial charge in [-0.3, -0.25) is 4.98 Å².